The number of nitrogens with zero attached hydrogens (tertiary/aromatic N) is 1. The highest BCUT2D eigenvalue weighted by molar-refractivity contribution is 6.02. The highest BCUT2D eigenvalue weighted by Gasteiger charge is 2.37. The maximum atomic E-state index is 13.3. The smallest absolute Gasteiger partial charge is 0.257 e. The van der Waals surface area contributed by atoms with Crippen molar-refractivity contribution < 1.29 is 14.3 Å². The fourth-order valence-corrected chi connectivity index (χ4v) is 4.07. The third-order valence-corrected chi connectivity index (χ3v) is 5.45. The van der Waals surface area contributed by atoms with Crippen molar-refractivity contribution in [1.29, 1.82) is 0 Å². The molecule has 0 aromatic heterocycles. The maximum absolute atomic E-state index is 13.3. The van der Waals surface area contributed by atoms with Crippen molar-refractivity contribution in [3.8, 4) is 5.75 Å². The molecule has 3 aliphatic rings. The van der Waals surface area contributed by atoms with Crippen molar-refractivity contribution in [1.82, 2.24) is 4.90 Å². The van der Waals surface area contributed by atoms with Crippen LogP contribution in [0.4, 0.5) is 5.69 Å². The molecule has 1 saturated heterocycles. The number of benzene rings is 2. The Morgan fingerprint density at radius 3 is 2.85 bits per heavy atom. The summed E-state index contributed by atoms with van der Waals surface area (Å²) in [6.07, 6.45) is 4.06. The number of rotatable bonds is 3. The third-order valence-electron chi connectivity index (χ3n) is 5.45. The van der Waals surface area contributed by atoms with E-state index < -0.39 is 0 Å². The molecule has 5 rings (SSSR count). The lowest BCUT2D eigenvalue weighted by Gasteiger charge is -2.40. The van der Waals surface area contributed by atoms with E-state index in [4.69, 9.17) is 9.47 Å². The molecule has 27 heavy (non-hydrogen) atoms. The van der Waals surface area contributed by atoms with Crippen LogP contribution >= 0.6 is 0 Å². The van der Waals surface area contributed by atoms with E-state index in [9.17, 15) is 4.79 Å². The van der Waals surface area contributed by atoms with E-state index in [2.05, 4.69) is 11.4 Å². The van der Waals surface area contributed by atoms with Gasteiger partial charge in [-0.1, -0.05) is 30.3 Å². The lowest BCUT2D eigenvalue weighted by Crippen LogP contribution is -2.53. The van der Waals surface area contributed by atoms with Gasteiger partial charge >= 0.3 is 0 Å². The van der Waals surface area contributed by atoms with Crippen LogP contribution in [-0.2, 0) is 4.74 Å². The normalized spacial score (nSPS) is 23.8. The first-order valence-electron chi connectivity index (χ1n) is 9.50. The van der Waals surface area contributed by atoms with E-state index in [1.165, 1.54) is 0 Å². The monoisotopic (exact) mass is 362 g/mol. The largest absolute Gasteiger partial charge is 0.488 e. The van der Waals surface area contributed by atoms with Crippen LogP contribution < -0.4 is 10.1 Å². The Bertz CT molecular complexity index is 902. The summed E-state index contributed by atoms with van der Waals surface area (Å²) in [5.74, 6) is 0.930. The first-order chi connectivity index (χ1) is 13.3. The number of hydrogen-bond acceptors (Lipinski definition) is 4. The van der Waals surface area contributed by atoms with Gasteiger partial charge in [0.1, 0.15) is 18.5 Å². The molecule has 0 unspecified atom stereocenters. The quantitative estimate of drug-likeness (QED) is 0.907. The second-order valence-electron chi connectivity index (χ2n) is 7.23. The third kappa shape index (κ3) is 2.98. The Morgan fingerprint density at radius 2 is 1.96 bits per heavy atom. The zero-order valence-electron chi connectivity index (χ0n) is 15.1. The predicted molar refractivity (Wildman–Crippen MR) is 104 cm³/mol. The molecule has 5 heteroatoms. The number of ether oxygens (including phenoxy) is 2. The standard InChI is InChI=1S/C22H22N2O3/c25-22-18-8-2-3-9-19(18)23-21(24(22)13-17-7-5-11-26-17)16-12-15-6-1-4-10-20(15)27-14-16/h1-4,6,8-10,12,17,21,23H,5,7,11,13-14H2/t17-,21-/m0/s1. The van der Waals surface area contributed by atoms with E-state index in [0.717, 1.165) is 42.0 Å². The fourth-order valence-electron chi connectivity index (χ4n) is 4.07. The molecule has 0 spiro atoms. The maximum Gasteiger partial charge on any atom is 0.257 e. The highest BCUT2D eigenvalue weighted by atomic mass is 16.5. The van der Waals surface area contributed by atoms with Crippen LogP contribution in [0.15, 0.2) is 54.1 Å². The average molecular weight is 362 g/mol. The van der Waals surface area contributed by atoms with Crippen LogP contribution in [0.5, 0.6) is 5.75 Å². The first-order valence-corrected chi connectivity index (χ1v) is 9.50. The van der Waals surface area contributed by atoms with Crippen molar-refractivity contribution in [2.75, 3.05) is 25.1 Å². The highest BCUT2D eigenvalue weighted by Crippen LogP contribution is 2.33. The first kappa shape index (κ1) is 16.4. The molecule has 2 aromatic carbocycles. The number of carbonyl (C=O) groups is 1. The van der Waals surface area contributed by atoms with Crippen molar-refractivity contribution in [2.45, 2.75) is 25.1 Å². The van der Waals surface area contributed by atoms with Crippen molar-refractivity contribution in [2.24, 2.45) is 0 Å². The van der Waals surface area contributed by atoms with Gasteiger partial charge < -0.3 is 19.7 Å². The lowest BCUT2D eigenvalue weighted by molar-refractivity contribution is 0.0456. The molecule has 1 amide bonds. The summed E-state index contributed by atoms with van der Waals surface area (Å²) < 4.78 is 11.8. The second-order valence-corrected chi connectivity index (χ2v) is 7.23. The molecule has 5 nitrogen and oxygen atoms in total. The van der Waals surface area contributed by atoms with E-state index in [0.29, 0.717) is 18.7 Å². The van der Waals surface area contributed by atoms with E-state index in [1.54, 1.807) is 0 Å². The number of para-hydroxylation sites is 2. The fraction of sp³-hybridized carbons (Fsp3) is 0.318. The summed E-state index contributed by atoms with van der Waals surface area (Å²) in [4.78, 5) is 15.2. The van der Waals surface area contributed by atoms with Crippen LogP contribution in [0.1, 0.15) is 28.8 Å². The van der Waals surface area contributed by atoms with E-state index in [-0.39, 0.29) is 18.2 Å². The molecule has 2 aromatic rings. The molecule has 0 bridgehead atoms. The van der Waals surface area contributed by atoms with Crippen LogP contribution in [0.25, 0.3) is 6.08 Å². The summed E-state index contributed by atoms with van der Waals surface area (Å²) in [6.45, 7) is 1.83. The molecule has 0 saturated carbocycles. The lowest BCUT2D eigenvalue weighted by atomic mass is 10.00. The molecule has 0 aliphatic carbocycles. The van der Waals surface area contributed by atoms with Crippen LogP contribution in [0.2, 0.25) is 0 Å². The van der Waals surface area contributed by atoms with Crippen LogP contribution in [-0.4, -0.2) is 42.8 Å². The summed E-state index contributed by atoms with van der Waals surface area (Å²) in [5.41, 5.74) is 3.68. The number of amides is 1. The average Bonchev–Trinajstić information content (AvgIpc) is 3.23. The van der Waals surface area contributed by atoms with E-state index >= 15 is 0 Å². The van der Waals surface area contributed by atoms with Gasteiger partial charge in [0, 0.05) is 30.0 Å². The molecule has 3 heterocycles. The van der Waals surface area contributed by atoms with Gasteiger partial charge in [0.2, 0.25) is 0 Å². The minimum Gasteiger partial charge on any atom is -0.488 e. The van der Waals surface area contributed by atoms with Gasteiger partial charge in [0.15, 0.2) is 0 Å². The van der Waals surface area contributed by atoms with Gasteiger partial charge in [0.25, 0.3) is 5.91 Å². The predicted octanol–water partition coefficient (Wildman–Crippen LogP) is 3.54. The van der Waals surface area contributed by atoms with Crippen LogP contribution in [0, 0.1) is 0 Å². The van der Waals surface area contributed by atoms with E-state index in [1.807, 2.05) is 53.4 Å². The number of anilines is 1. The van der Waals surface area contributed by atoms with Gasteiger partial charge in [-0.2, -0.15) is 0 Å². The van der Waals surface area contributed by atoms with Gasteiger partial charge in [-0.3, -0.25) is 4.79 Å². The van der Waals surface area contributed by atoms with Crippen molar-refractivity contribution >= 4 is 17.7 Å². The van der Waals surface area contributed by atoms with Crippen molar-refractivity contribution in [3.63, 3.8) is 0 Å². The Morgan fingerprint density at radius 1 is 1.11 bits per heavy atom. The van der Waals surface area contributed by atoms with Gasteiger partial charge in [-0.05, 0) is 37.1 Å². The Hall–Kier alpha value is -2.79. The number of fused-ring (bicyclic) bond motifs is 2. The minimum absolute atomic E-state index is 0.0459. The number of carbonyl (C=O) groups excluding carboxylic acids is 1. The van der Waals surface area contributed by atoms with Crippen LogP contribution in [0.3, 0.4) is 0 Å². The minimum atomic E-state index is -0.232. The molecule has 0 radical (unpaired) electrons. The number of hydrogen-bond donors (Lipinski definition) is 1. The zero-order chi connectivity index (χ0) is 18.2. The molecule has 3 aliphatic heterocycles. The summed E-state index contributed by atoms with van der Waals surface area (Å²) in [7, 11) is 0. The van der Waals surface area contributed by atoms with Crippen molar-refractivity contribution in [3.05, 3.63) is 65.2 Å². The van der Waals surface area contributed by atoms with Gasteiger partial charge in [0.05, 0.1) is 11.7 Å². The Kier molecular flexibility index (Phi) is 4.09. The molecular weight excluding hydrogens is 340 g/mol. The van der Waals surface area contributed by atoms with Gasteiger partial charge in [-0.25, -0.2) is 0 Å². The topological polar surface area (TPSA) is 50.8 Å². The molecule has 1 N–H and O–H groups in total. The SMILES string of the molecule is O=C1c2ccccc2N[C@H](C2=Cc3ccccc3OC2)N1C[C@@H]1CCCO1. The zero-order valence-corrected chi connectivity index (χ0v) is 15.1. The molecule has 138 valence electrons. The Labute approximate surface area is 158 Å². The second kappa shape index (κ2) is 6.74. The summed E-state index contributed by atoms with van der Waals surface area (Å²) in [5, 5.41) is 3.55. The molecule has 1 fully saturated rings. The molecule has 2 atom stereocenters. The summed E-state index contributed by atoms with van der Waals surface area (Å²) >= 11 is 0. The molecular formula is C22H22N2O3. The number of nitrogens with one attached hydrogen (secondary N) is 1. The Balaban J connectivity index is 1.52. The summed E-state index contributed by atoms with van der Waals surface area (Å²) in [6, 6.07) is 15.7. The van der Waals surface area contributed by atoms with Gasteiger partial charge in [-0.15, -0.1) is 0 Å².